The number of carbonyl (C=O) groups excluding carboxylic acids is 1. The van der Waals surface area contributed by atoms with Crippen molar-refractivity contribution in [2.75, 3.05) is 11.9 Å². The standard InChI is InChI=1S/C20H18N2O4/c21-12-14-4-3-5-16(10-14)24-13-19(23)22-15-6-7-17-18(11-15)26-20(25-17)8-1-2-9-20/h3-7,10-11H,1-2,8-9,13H2,(H,22,23). The van der Waals surface area contributed by atoms with Crippen molar-refractivity contribution < 1.29 is 19.0 Å². The third-order valence-corrected chi connectivity index (χ3v) is 4.52. The summed E-state index contributed by atoms with van der Waals surface area (Å²) in [5.74, 6) is 1.05. The molecule has 1 aliphatic carbocycles. The SMILES string of the molecule is N#Cc1cccc(OCC(=O)Nc2ccc3c(c2)OC2(CCCC2)O3)c1. The van der Waals surface area contributed by atoms with Crippen LogP contribution >= 0.6 is 0 Å². The molecule has 2 aromatic rings. The Balaban J connectivity index is 1.36. The van der Waals surface area contributed by atoms with E-state index in [4.69, 9.17) is 19.5 Å². The van der Waals surface area contributed by atoms with Crippen LogP contribution in [0.5, 0.6) is 17.2 Å². The summed E-state index contributed by atoms with van der Waals surface area (Å²) in [6, 6.07) is 14.1. The second-order valence-corrected chi connectivity index (χ2v) is 6.46. The predicted molar refractivity (Wildman–Crippen MR) is 94.2 cm³/mol. The van der Waals surface area contributed by atoms with Gasteiger partial charge in [-0.1, -0.05) is 6.07 Å². The summed E-state index contributed by atoms with van der Waals surface area (Å²) < 4.78 is 17.4. The van der Waals surface area contributed by atoms with Gasteiger partial charge in [0.15, 0.2) is 18.1 Å². The molecule has 0 radical (unpaired) electrons. The lowest BCUT2D eigenvalue weighted by Gasteiger charge is -2.21. The Morgan fingerprint density at radius 1 is 1.15 bits per heavy atom. The molecule has 6 heteroatoms. The number of hydrogen-bond donors (Lipinski definition) is 1. The van der Waals surface area contributed by atoms with Crippen molar-refractivity contribution >= 4 is 11.6 Å². The van der Waals surface area contributed by atoms with Crippen molar-refractivity contribution in [2.24, 2.45) is 0 Å². The molecule has 1 saturated carbocycles. The lowest BCUT2D eigenvalue weighted by Crippen LogP contribution is -2.34. The van der Waals surface area contributed by atoms with Crippen molar-refractivity contribution in [1.82, 2.24) is 0 Å². The minimum Gasteiger partial charge on any atom is -0.484 e. The molecule has 4 rings (SSSR count). The smallest absolute Gasteiger partial charge is 0.262 e. The summed E-state index contributed by atoms with van der Waals surface area (Å²) >= 11 is 0. The maximum Gasteiger partial charge on any atom is 0.262 e. The molecule has 0 saturated heterocycles. The van der Waals surface area contributed by atoms with Gasteiger partial charge in [-0.2, -0.15) is 5.26 Å². The van der Waals surface area contributed by atoms with E-state index in [0.29, 0.717) is 22.7 Å². The van der Waals surface area contributed by atoms with Gasteiger partial charge in [-0.05, 0) is 43.2 Å². The minimum absolute atomic E-state index is 0.146. The Labute approximate surface area is 151 Å². The van der Waals surface area contributed by atoms with Gasteiger partial charge in [0, 0.05) is 24.6 Å². The maximum absolute atomic E-state index is 12.1. The van der Waals surface area contributed by atoms with Gasteiger partial charge >= 0.3 is 0 Å². The van der Waals surface area contributed by atoms with E-state index in [9.17, 15) is 4.79 Å². The number of nitrogens with zero attached hydrogens (tertiary/aromatic N) is 1. The van der Waals surface area contributed by atoms with E-state index >= 15 is 0 Å². The largest absolute Gasteiger partial charge is 0.484 e. The molecule has 0 atom stereocenters. The third-order valence-electron chi connectivity index (χ3n) is 4.52. The molecule has 132 valence electrons. The van der Waals surface area contributed by atoms with E-state index in [1.165, 1.54) is 0 Å². The van der Waals surface area contributed by atoms with Crippen LogP contribution in [-0.4, -0.2) is 18.3 Å². The van der Waals surface area contributed by atoms with E-state index in [2.05, 4.69) is 5.32 Å². The van der Waals surface area contributed by atoms with Gasteiger partial charge < -0.3 is 19.5 Å². The van der Waals surface area contributed by atoms with Crippen LogP contribution in [-0.2, 0) is 4.79 Å². The zero-order chi connectivity index (χ0) is 18.0. The van der Waals surface area contributed by atoms with Crippen LogP contribution in [0.15, 0.2) is 42.5 Å². The monoisotopic (exact) mass is 350 g/mol. The lowest BCUT2D eigenvalue weighted by atomic mass is 10.2. The Kier molecular flexibility index (Phi) is 4.13. The number of amides is 1. The van der Waals surface area contributed by atoms with Gasteiger partial charge in [-0.3, -0.25) is 4.79 Å². The van der Waals surface area contributed by atoms with Crippen molar-refractivity contribution in [1.29, 1.82) is 5.26 Å². The molecule has 1 amide bonds. The summed E-state index contributed by atoms with van der Waals surface area (Å²) in [5, 5.41) is 11.7. The fourth-order valence-corrected chi connectivity index (χ4v) is 3.29. The molecule has 2 aromatic carbocycles. The summed E-state index contributed by atoms with van der Waals surface area (Å²) in [4.78, 5) is 12.1. The van der Waals surface area contributed by atoms with Crippen LogP contribution in [0.1, 0.15) is 31.2 Å². The molecule has 0 unspecified atom stereocenters. The van der Waals surface area contributed by atoms with Gasteiger partial charge in [-0.15, -0.1) is 0 Å². The van der Waals surface area contributed by atoms with E-state index in [1.54, 1.807) is 36.4 Å². The topological polar surface area (TPSA) is 80.6 Å². The van der Waals surface area contributed by atoms with Crippen LogP contribution in [0.2, 0.25) is 0 Å². The van der Waals surface area contributed by atoms with Crippen LogP contribution in [0.3, 0.4) is 0 Å². The normalized spacial score (nSPS) is 16.3. The molecule has 1 fully saturated rings. The number of anilines is 1. The Bertz CT molecular complexity index is 882. The summed E-state index contributed by atoms with van der Waals surface area (Å²) in [5.41, 5.74) is 1.11. The summed E-state index contributed by atoms with van der Waals surface area (Å²) in [6.07, 6.45) is 3.97. The van der Waals surface area contributed by atoms with Crippen LogP contribution in [0.25, 0.3) is 0 Å². The van der Waals surface area contributed by atoms with Gasteiger partial charge in [-0.25, -0.2) is 0 Å². The van der Waals surface area contributed by atoms with Crippen LogP contribution in [0.4, 0.5) is 5.69 Å². The van der Waals surface area contributed by atoms with Crippen LogP contribution < -0.4 is 19.5 Å². The molecule has 0 aromatic heterocycles. The molecular formula is C20H18N2O4. The molecule has 1 spiro atoms. The molecule has 26 heavy (non-hydrogen) atoms. The number of nitriles is 1. The lowest BCUT2D eigenvalue weighted by molar-refractivity contribution is -0.118. The Morgan fingerprint density at radius 2 is 1.96 bits per heavy atom. The first-order valence-electron chi connectivity index (χ1n) is 8.61. The minimum atomic E-state index is -0.514. The quantitative estimate of drug-likeness (QED) is 0.911. The first-order valence-corrected chi connectivity index (χ1v) is 8.61. The fourth-order valence-electron chi connectivity index (χ4n) is 3.29. The van der Waals surface area contributed by atoms with Crippen molar-refractivity contribution in [3.63, 3.8) is 0 Å². The molecule has 2 aliphatic rings. The molecule has 1 aliphatic heterocycles. The second-order valence-electron chi connectivity index (χ2n) is 6.46. The maximum atomic E-state index is 12.1. The number of fused-ring (bicyclic) bond motifs is 1. The highest BCUT2D eigenvalue weighted by Crippen LogP contribution is 2.47. The van der Waals surface area contributed by atoms with Crippen molar-refractivity contribution in [3.05, 3.63) is 48.0 Å². The van der Waals surface area contributed by atoms with Gasteiger partial charge in [0.1, 0.15) is 5.75 Å². The molecule has 0 bridgehead atoms. The van der Waals surface area contributed by atoms with Gasteiger partial charge in [0.25, 0.3) is 11.7 Å². The van der Waals surface area contributed by atoms with Crippen molar-refractivity contribution in [3.8, 4) is 23.3 Å². The Hall–Kier alpha value is -3.20. The summed E-state index contributed by atoms with van der Waals surface area (Å²) in [6.45, 7) is -0.146. The molecule has 6 nitrogen and oxygen atoms in total. The number of ether oxygens (including phenoxy) is 3. The molecule has 1 N–H and O–H groups in total. The zero-order valence-electron chi connectivity index (χ0n) is 14.2. The van der Waals surface area contributed by atoms with E-state index in [0.717, 1.165) is 31.4 Å². The van der Waals surface area contributed by atoms with Crippen molar-refractivity contribution in [2.45, 2.75) is 31.5 Å². The fraction of sp³-hybridized carbons (Fsp3) is 0.300. The molecular weight excluding hydrogens is 332 g/mol. The van der Waals surface area contributed by atoms with Gasteiger partial charge in [0.05, 0.1) is 11.6 Å². The van der Waals surface area contributed by atoms with Crippen LogP contribution in [0, 0.1) is 11.3 Å². The number of rotatable bonds is 4. The third kappa shape index (κ3) is 3.29. The number of benzene rings is 2. The van der Waals surface area contributed by atoms with E-state index in [1.807, 2.05) is 12.1 Å². The number of nitrogens with one attached hydrogen (secondary N) is 1. The highest BCUT2D eigenvalue weighted by atomic mass is 16.7. The first-order chi connectivity index (χ1) is 12.7. The highest BCUT2D eigenvalue weighted by Gasteiger charge is 2.44. The molecule has 1 heterocycles. The van der Waals surface area contributed by atoms with Gasteiger partial charge in [0.2, 0.25) is 0 Å². The summed E-state index contributed by atoms with van der Waals surface area (Å²) in [7, 11) is 0. The average Bonchev–Trinajstić information content (AvgIpc) is 3.26. The number of carbonyl (C=O) groups is 1. The highest BCUT2D eigenvalue weighted by molar-refractivity contribution is 5.92. The first kappa shape index (κ1) is 16.3. The second kappa shape index (κ2) is 6.60. The Morgan fingerprint density at radius 3 is 2.77 bits per heavy atom. The number of hydrogen-bond acceptors (Lipinski definition) is 5. The van der Waals surface area contributed by atoms with E-state index < -0.39 is 5.79 Å². The van der Waals surface area contributed by atoms with E-state index in [-0.39, 0.29) is 12.5 Å². The average molecular weight is 350 g/mol. The zero-order valence-corrected chi connectivity index (χ0v) is 14.2. The predicted octanol–water partition coefficient (Wildman–Crippen LogP) is 3.62.